The van der Waals surface area contributed by atoms with Crippen molar-refractivity contribution in [3.63, 3.8) is 0 Å². The number of pyridine rings is 1. The normalized spacial score (nSPS) is 19.0. The van der Waals surface area contributed by atoms with Crippen LogP contribution < -0.4 is 5.32 Å². The summed E-state index contributed by atoms with van der Waals surface area (Å²) in [7, 11) is 0. The molecule has 1 fully saturated rings. The Bertz CT molecular complexity index is 895. The number of rotatable bonds is 7. The molecular formula is C26H35N3O2. The molecule has 166 valence electrons. The summed E-state index contributed by atoms with van der Waals surface area (Å²) in [5.41, 5.74) is 2.65. The van der Waals surface area contributed by atoms with Crippen molar-refractivity contribution < 1.29 is 9.59 Å². The third kappa shape index (κ3) is 5.93. The van der Waals surface area contributed by atoms with Crippen LogP contribution in [-0.2, 0) is 16.0 Å². The Morgan fingerprint density at radius 2 is 1.90 bits per heavy atom. The second kappa shape index (κ2) is 10.1. The van der Waals surface area contributed by atoms with E-state index in [-0.39, 0.29) is 17.9 Å². The monoisotopic (exact) mass is 421 g/mol. The Morgan fingerprint density at radius 1 is 1.13 bits per heavy atom. The largest absolute Gasteiger partial charge is 0.353 e. The van der Waals surface area contributed by atoms with Gasteiger partial charge in [-0.3, -0.25) is 14.6 Å². The maximum atomic E-state index is 13.4. The predicted molar refractivity (Wildman–Crippen MR) is 124 cm³/mol. The topological polar surface area (TPSA) is 62.3 Å². The van der Waals surface area contributed by atoms with Crippen LogP contribution in [0.15, 0.2) is 48.8 Å². The van der Waals surface area contributed by atoms with Crippen molar-refractivity contribution >= 4 is 11.8 Å². The minimum absolute atomic E-state index is 0.0522. The van der Waals surface area contributed by atoms with Gasteiger partial charge in [-0.05, 0) is 61.8 Å². The van der Waals surface area contributed by atoms with Crippen molar-refractivity contribution in [2.24, 2.45) is 11.3 Å². The van der Waals surface area contributed by atoms with Crippen molar-refractivity contribution in [2.45, 2.75) is 59.4 Å². The molecule has 2 aromatic rings. The number of nitrogens with zero attached hydrogens (tertiary/aromatic N) is 2. The molecule has 1 aromatic carbocycles. The first-order valence-electron chi connectivity index (χ1n) is 11.4. The maximum absolute atomic E-state index is 13.4. The summed E-state index contributed by atoms with van der Waals surface area (Å²) >= 11 is 0. The van der Waals surface area contributed by atoms with E-state index in [9.17, 15) is 9.59 Å². The lowest BCUT2D eigenvalue weighted by Crippen LogP contribution is -2.55. The molecule has 0 bridgehead atoms. The van der Waals surface area contributed by atoms with Gasteiger partial charge < -0.3 is 10.2 Å². The fraction of sp³-hybridized carbons (Fsp3) is 0.500. The van der Waals surface area contributed by atoms with Crippen LogP contribution in [-0.4, -0.2) is 40.8 Å². The molecule has 2 heterocycles. The van der Waals surface area contributed by atoms with E-state index in [0.29, 0.717) is 25.3 Å². The van der Waals surface area contributed by atoms with Gasteiger partial charge in [0.2, 0.25) is 11.8 Å². The molecule has 0 spiro atoms. The van der Waals surface area contributed by atoms with Crippen LogP contribution in [0.2, 0.25) is 0 Å². The van der Waals surface area contributed by atoms with Gasteiger partial charge >= 0.3 is 0 Å². The summed E-state index contributed by atoms with van der Waals surface area (Å²) < 4.78 is 0. The number of amides is 2. The molecule has 0 radical (unpaired) electrons. The van der Waals surface area contributed by atoms with Crippen LogP contribution in [0.5, 0.6) is 0 Å². The zero-order valence-electron chi connectivity index (χ0n) is 19.2. The molecule has 5 nitrogen and oxygen atoms in total. The molecule has 1 saturated heterocycles. The molecular weight excluding hydrogens is 386 g/mol. The highest BCUT2D eigenvalue weighted by Gasteiger charge is 2.43. The molecule has 1 aliphatic heterocycles. The third-order valence-electron chi connectivity index (χ3n) is 5.88. The van der Waals surface area contributed by atoms with E-state index in [0.717, 1.165) is 36.1 Å². The minimum atomic E-state index is -0.608. The number of piperidine rings is 1. The summed E-state index contributed by atoms with van der Waals surface area (Å²) in [5, 5.41) is 3.13. The molecule has 2 amide bonds. The number of benzene rings is 1. The van der Waals surface area contributed by atoms with E-state index < -0.39 is 5.41 Å². The van der Waals surface area contributed by atoms with Crippen LogP contribution in [0.4, 0.5) is 0 Å². The minimum Gasteiger partial charge on any atom is -0.353 e. The van der Waals surface area contributed by atoms with Gasteiger partial charge in [-0.25, -0.2) is 0 Å². The Balaban J connectivity index is 1.89. The standard InChI is InChI=1S/C26H35N3O2/c1-19(2)14-24(30)29-13-7-11-26(18-29,25(31)28-20(3)4)16-21-8-5-9-22(15-21)23-10-6-12-27-17-23/h5-6,8-10,12,15,17,19-20H,7,11,13-14,16,18H2,1-4H3,(H,28,31)/t26-/m0/s1. The van der Waals surface area contributed by atoms with Crippen molar-refractivity contribution in [2.75, 3.05) is 13.1 Å². The van der Waals surface area contributed by atoms with Gasteiger partial charge in [-0.1, -0.05) is 44.2 Å². The fourth-order valence-electron chi connectivity index (χ4n) is 4.43. The zero-order chi connectivity index (χ0) is 22.4. The van der Waals surface area contributed by atoms with Crippen LogP contribution in [0, 0.1) is 11.3 Å². The second-order valence-corrected chi connectivity index (χ2v) is 9.54. The average molecular weight is 422 g/mol. The molecule has 3 rings (SSSR count). The van der Waals surface area contributed by atoms with Gasteiger partial charge in [0.05, 0.1) is 5.41 Å². The van der Waals surface area contributed by atoms with Gasteiger partial charge in [-0.2, -0.15) is 0 Å². The van der Waals surface area contributed by atoms with Gasteiger partial charge in [0, 0.05) is 37.9 Å². The van der Waals surface area contributed by atoms with E-state index in [4.69, 9.17) is 0 Å². The summed E-state index contributed by atoms with van der Waals surface area (Å²) in [6, 6.07) is 12.4. The highest BCUT2D eigenvalue weighted by atomic mass is 16.2. The van der Waals surface area contributed by atoms with Crippen LogP contribution >= 0.6 is 0 Å². The van der Waals surface area contributed by atoms with Crippen LogP contribution in [0.1, 0.15) is 52.5 Å². The van der Waals surface area contributed by atoms with E-state index in [2.05, 4.69) is 42.3 Å². The van der Waals surface area contributed by atoms with Gasteiger partial charge in [0.15, 0.2) is 0 Å². The number of carbonyl (C=O) groups is 2. The molecule has 1 atom stereocenters. The smallest absolute Gasteiger partial charge is 0.228 e. The lowest BCUT2D eigenvalue weighted by Gasteiger charge is -2.42. The fourth-order valence-corrected chi connectivity index (χ4v) is 4.43. The van der Waals surface area contributed by atoms with Crippen LogP contribution in [0.25, 0.3) is 11.1 Å². The maximum Gasteiger partial charge on any atom is 0.228 e. The lowest BCUT2D eigenvalue weighted by molar-refractivity contribution is -0.142. The van der Waals surface area contributed by atoms with Crippen molar-refractivity contribution in [1.29, 1.82) is 0 Å². The highest BCUT2D eigenvalue weighted by molar-refractivity contribution is 5.85. The van der Waals surface area contributed by atoms with E-state index in [1.807, 2.05) is 43.1 Å². The summed E-state index contributed by atoms with van der Waals surface area (Å²) in [6.07, 6.45) is 6.39. The first-order chi connectivity index (χ1) is 14.8. The van der Waals surface area contributed by atoms with Gasteiger partial charge in [0.25, 0.3) is 0 Å². The number of aromatic nitrogens is 1. The molecule has 5 heteroatoms. The average Bonchev–Trinajstić information content (AvgIpc) is 2.74. The zero-order valence-corrected chi connectivity index (χ0v) is 19.2. The van der Waals surface area contributed by atoms with Gasteiger partial charge in [-0.15, -0.1) is 0 Å². The van der Waals surface area contributed by atoms with Gasteiger partial charge in [0.1, 0.15) is 0 Å². The van der Waals surface area contributed by atoms with E-state index >= 15 is 0 Å². The van der Waals surface area contributed by atoms with E-state index in [1.54, 1.807) is 6.20 Å². The molecule has 0 saturated carbocycles. The quantitative estimate of drug-likeness (QED) is 0.717. The first kappa shape index (κ1) is 23.0. The molecule has 31 heavy (non-hydrogen) atoms. The van der Waals surface area contributed by atoms with Crippen molar-refractivity contribution in [1.82, 2.24) is 15.2 Å². The molecule has 1 aromatic heterocycles. The Kier molecular flexibility index (Phi) is 7.47. The number of hydrogen-bond acceptors (Lipinski definition) is 3. The Hall–Kier alpha value is -2.69. The van der Waals surface area contributed by atoms with Crippen molar-refractivity contribution in [3.8, 4) is 11.1 Å². The molecule has 1 aliphatic rings. The number of carbonyl (C=O) groups excluding carboxylic acids is 2. The second-order valence-electron chi connectivity index (χ2n) is 9.54. The molecule has 1 N–H and O–H groups in total. The molecule has 0 unspecified atom stereocenters. The third-order valence-corrected chi connectivity index (χ3v) is 5.88. The first-order valence-corrected chi connectivity index (χ1v) is 11.4. The molecule has 0 aliphatic carbocycles. The number of likely N-dealkylation sites (tertiary alicyclic amines) is 1. The Labute approximate surface area is 186 Å². The predicted octanol–water partition coefficient (Wildman–Crippen LogP) is 4.47. The Morgan fingerprint density at radius 3 is 2.58 bits per heavy atom. The van der Waals surface area contributed by atoms with E-state index in [1.165, 1.54) is 0 Å². The number of hydrogen-bond donors (Lipinski definition) is 1. The summed E-state index contributed by atoms with van der Waals surface area (Å²) in [5.74, 6) is 0.515. The lowest BCUT2D eigenvalue weighted by atomic mass is 9.73. The van der Waals surface area contributed by atoms with Crippen LogP contribution in [0.3, 0.4) is 0 Å². The highest BCUT2D eigenvalue weighted by Crippen LogP contribution is 2.36. The van der Waals surface area contributed by atoms with Crippen molar-refractivity contribution in [3.05, 3.63) is 54.4 Å². The summed E-state index contributed by atoms with van der Waals surface area (Å²) in [4.78, 5) is 32.4. The number of nitrogens with one attached hydrogen (secondary N) is 1. The summed E-state index contributed by atoms with van der Waals surface area (Å²) in [6.45, 7) is 9.31. The SMILES string of the molecule is CC(C)CC(=O)N1CCC[C@@](Cc2cccc(-c3cccnc3)c2)(C(=O)NC(C)C)C1.